The van der Waals surface area contributed by atoms with Crippen molar-refractivity contribution in [3.63, 3.8) is 0 Å². The molecule has 0 unspecified atom stereocenters. The molecule has 0 amide bonds. The van der Waals surface area contributed by atoms with E-state index in [2.05, 4.69) is 126 Å². The Morgan fingerprint density at radius 1 is 0.431 bits per heavy atom. The number of furan rings is 1. The molecule has 14 rings (SSSR count). The Morgan fingerprint density at radius 3 is 1.58 bits per heavy atom. The summed E-state index contributed by atoms with van der Waals surface area (Å²) in [5, 5.41) is 15.3. The number of nitrogens with zero attached hydrogens (tertiary/aromatic N) is 5. The summed E-state index contributed by atoms with van der Waals surface area (Å²) in [4.78, 5) is 15.3. The van der Waals surface area contributed by atoms with Crippen molar-refractivity contribution >= 4 is 43.7 Å². The molecule has 0 fully saturated rings. The highest BCUT2D eigenvalue weighted by Crippen LogP contribution is 2.63. The van der Waals surface area contributed by atoms with Gasteiger partial charge in [-0.2, -0.15) is 5.26 Å². The monoisotopic (exact) mass is 827 g/mol. The van der Waals surface area contributed by atoms with Crippen LogP contribution in [0.15, 0.2) is 205 Å². The summed E-state index contributed by atoms with van der Waals surface area (Å²) in [5.41, 5.74) is 16.3. The van der Waals surface area contributed by atoms with Crippen LogP contribution >= 0.6 is 0 Å². The van der Waals surface area contributed by atoms with Crippen LogP contribution in [0.2, 0.25) is 0 Å². The van der Waals surface area contributed by atoms with Gasteiger partial charge >= 0.3 is 0 Å². The maximum absolute atomic E-state index is 11.4. The van der Waals surface area contributed by atoms with Crippen LogP contribution in [0.4, 0.5) is 0 Å². The maximum atomic E-state index is 11.4. The molecule has 3 aromatic heterocycles. The molecule has 0 N–H and O–H groups in total. The Hall–Kier alpha value is -8.92. The Kier molecular flexibility index (Phi) is 7.29. The van der Waals surface area contributed by atoms with Gasteiger partial charge in [0.15, 0.2) is 23.1 Å². The van der Waals surface area contributed by atoms with Gasteiger partial charge in [-0.3, -0.25) is 0 Å². The Bertz CT molecular complexity index is 3920. The summed E-state index contributed by atoms with van der Waals surface area (Å²) in [7, 11) is 0. The van der Waals surface area contributed by atoms with Gasteiger partial charge in [-0.15, -0.1) is 0 Å². The van der Waals surface area contributed by atoms with Crippen LogP contribution in [-0.4, -0.2) is 19.5 Å². The first-order valence-corrected chi connectivity index (χ1v) is 21.8. The van der Waals surface area contributed by atoms with Crippen molar-refractivity contribution in [2.45, 2.75) is 5.41 Å². The number of aromatic nitrogens is 4. The van der Waals surface area contributed by atoms with Crippen molar-refractivity contribution < 1.29 is 4.42 Å². The first-order valence-electron chi connectivity index (χ1n) is 21.8. The predicted molar refractivity (Wildman–Crippen MR) is 259 cm³/mol. The van der Waals surface area contributed by atoms with Gasteiger partial charge in [0.05, 0.1) is 22.0 Å². The minimum absolute atomic E-state index is 0.438. The Morgan fingerprint density at radius 2 is 0.954 bits per heavy atom. The summed E-state index contributed by atoms with van der Waals surface area (Å²) >= 11 is 0. The smallest absolute Gasteiger partial charge is 0.164 e. The van der Waals surface area contributed by atoms with Crippen molar-refractivity contribution in [3.8, 4) is 68.2 Å². The molecule has 12 aromatic rings. The average Bonchev–Trinajstić information content (AvgIpc) is 4.09. The predicted octanol–water partition coefficient (Wildman–Crippen LogP) is 14.1. The van der Waals surface area contributed by atoms with Gasteiger partial charge < -0.3 is 8.98 Å². The van der Waals surface area contributed by atoms with Gasteiger partial charge in [0, 0.05) is 38.2 Å². The third kappa shape index (κ3) is 4.79. The van der Waals surface area contributed by atoms with Crippen molar-refractivity contribution in [1.82, 2.24) is 19.5 Å². The maximum Gasteiger partial charge on any atom is 0.164 e. The summed E-state index contributed by atoms with van der Waals surface area (Å²) in [6.07, 6.45) is 0. The molecule has 6 heteroatoms. The van der Waals surface area contributed by atoms with E-state index in [1.165, 1.54) is 44.5 Å². The second kappa shape index (κ2) is 13.3. The van der Waals surface area contributed by atoms with Crippen LogP contribution in [0.25, 0.3) is 106 Å². The number of benzene rings is 9. The summed E-state index contributed by atoms with van der Waals surface area (Å²) < 4.78 is 9.25. The van der Waals surface area contributed by atoms with Crippen molar-refractivity contribution in [3.05, 3.63) is 228 Å². The molecule has 0 aliphatic heterocycles. The van der Waals surface area contributed by atoms with Gasteiger partial charge in [0.1, 0.15) is 17.3 Å². The van der Waals surface area contributed by atoms with E-state index in [0.29, 0.717) is 45.5 Å². The number of nitriles is 1. The highest BCUT2D eigenvalue weighted by atomic mass is 16.3. The zero-order chi connectivity index (χ0) is 42.8. The minimum atomic E-state index is -0.496. The van der Waals surface area contributed by atoms with Crippen LogP contribution < -0.4 is 0 Å². The second-order valence-electron chi connectivity index (χ2n) is 16.9. The Balaban J connectivity index is 1.09. The van der Waals surface area contributed by atoms with Crippen LogP contribution in [-0.2, 0) is 5.41 Å². The molecule has 0 radical (unpaired) electrons. The average molecular weight is 828 g/mol. The standard InChI is InChI=1S/C59H33N5O/c60-34-37-31-45(58-62-56(35-17-3-1-4-18-35)61-57(63-58)36-19-5-2-6-20-36)53-42-25-11-16-30-52(42)65-55(53)54(37)64-50-29-15-10-24-41(50)44-32-49-43(33-51(44)64)40-23-9-14-28-48(40)59(49)46-26-12-7-21-38(46)39-22-8-13-27-47(39)59/h1-33H. The van der Waals surface area contributed by atoms with E-state index in [9.17, 15) is 5.26 Å². The number of hydrogen-bond donors (Lipinski definition) is 0. The van der Waals surface area contributed by atoms with Gasteiger partial charge in [-0.05, 0) is 74.8 Å². The lowest BCUT2D eigenvalue weighted by Crippen LogP contribution is -2.25. The summed E-state index contributed by atoms with van der Waals surface area (Å²) in [5.74, 6) is 1.54. The molecule has 6 nitrogen and oxygen atoms in total. The largest absolute Gasteiger partial charge is 0.454 e. The van der Waals surface area contributed by atoms with Crippen LogP contribution in [0, 0.1) is 11.3 Å². The topological polar surface area (TPSA) is 80.5 Å². The zero-order valence-corrected chi connectivity index (χ0v) is 34.7. The third-order valence-corrected chi connectivity index (χ3v) is 13.7. The number of hydrogen-bond acceptors (Lipinski definition) is 5. The van der Waals surface area contributed by atoms with Crippen LogP contribution in [0.3, 0.4) is 0 Å². The normalized spacial score (nSPS) is 13.0. The second-order valence-corrected chi connectivity index (χ2v) is 16.9. The van der Waals surface area contributed by atoms with E-state index >= 15 is 0 Å². The lowest BCUT2D eigenvalue weighted by molar-refractivity contribution is 0.666. The number of para-hydroxylation sites is 2. The molecule has 2 aliphatic carbocycles. The molecule has 1 spiro atoms. The van der Waals surface area contributed by atoms with Crippen molar-refractivity contribution in [2.24, 2.45) is 0 Å². The van der Waals surface area contributed by atoms with Crippen molar-refractivity contribution in [1.29, 1.82) is 5.26 Å². The SMILES string of the molecule is N#Cc1cc(-c2nc(-c3ccccc3)nc(-c3ccccc3)n2)c2c(oc3ccccc32)c1-n1c2ccccc2c2cc3c(cc21)-c1ccccc1C31c2ccccc2-c2ccccc21. The molecule has 65 heavy (non-hydrogen) atoms. The van der Waals surface area contributed by atoms with Gasteiger partial charge in [0.25, 0.3) is 0 Å². The number of fused-ring (bicyclic) bond motifs is 16. The molecular formula is C59H33N5O. The van der Waals surface area contributed by atoms with Crippen LogP contribution in [0.1, 0.15) is 27.8 Å². The summed E-state index contributed by atoms with van der Waals surface area (Å²) in [6.45, 7) is 0. The molecule has 3 heterocycles. The van der Waals surface area contributed by atoms with Crippen LogP contribution in [0.5, 0.6) is 0 Å². The molecule has 9 aromatic carbocycles. The number of rotatable bonds is 4. The quantitative estimate of drug-likeness (QED) is 0.176. The van der Waals surface area contributed by atoms with Gasteiger partial charge in [0.2, 0.25) is 0 Å². The molecule has 0 bridgehead atoms. The van der Waals surface area contributed by atoms with Gasteiger partial charge in [-0.25, -0.2) is 15.0 Å². The fourth-order valence-corrected chi connectivity index (χ4v) is 11.1. The van der Waals surface area contributed by atoms with Crippen molar-refractivity contribution in [2.75, 3.05) is 0 Å². The Labute approximate surface area is 373 Å². The fraction of sp³-hybridized carbons (Fsp3) is 0.0169. The third-order valence-electron chi connectivity index (χ3n) is 13.7. The summed E-state index contributed by atoms with van der Waals surface area (Å²) in [6, 6.07) is 72.5. The highest BCUT2D eigenvalue weighted by molar-refractivity contribution is 6.18. The van der Waals surface area contributed by atoms with E-state index in [4.69, 9.17) is 19.4 Å². The van der Waals surface area contributed by atoms with Gasteiger partial charge in [-0.1, -0.05) is 170 Å². The van der Waals surface area contributed by atoms with E-state index in [1.54, 1.807) is 0 Å². The lowest BCUT2D eigenvalue weighted by atomic mass is 9.70. The highest BCUT2D eigenvalue weighted by Gasteiger charge is 2.51. The van der Waals surface area contributed by atoms with E-state index in [1.807, 2.05) is 84.9 Å². The molecule has 0 atom stereocenters. The van der Waals surface area contributed by atoms with E-state index < -0.39 is 5.41 Å². The molecule has 0 saturated carbocycles. The fourth-order valence-electron chi connectivity index (χ4n) is 11.1. The lowest BCUT2D eigenvalue weighted by Gasteiger charge is -2.30. The zero-order valence-electron chi connectivity index (χ0n) is 34.7. The molecule has 2 aliphatic rings. The molecule has 0 saturated heterocycles. The first-order chi connectivity index (χ1) is 32.2. The minimum Gasteiger partial charge on any atom is -0.454 e. The van der Waals surface area contributed by atoms with E-state index in [-0.39, 0.29) is 0 Å². The molecule has 300 valence electrons. The first kappa shape index (κ1) is 35.7. The molecular weight excluding hydrogens is 795 g/mol. The van der Waals surface area contributed by atoms with E-state index in [0.717, 1.165) is 43.7 Å².